The molecular weight excluding hydrogens is 499 g/mol. The quantitative estimate of drug-likeness (QED) is 0.453. The van der Waals surface area contributed by atoms with Crippen LogP contribution in [0.25, 0.3) is 11.0 Å². The maximum Gasteiger partial charge on any atom is 0.410 e. The van der Waals surface area contributed by atoms with Crippen LogP contribution in [0.4, 0.5) is 20.8 Å². The number of nitriles is 1. The van der Waals surface area contributed by atoms with Gasteiger partial charge in [0.05, 0.1) is 0 Å². The maximum absolute atomic E-state index is 15.2. The third-order valence-corrected chi connectivity index (χ3v) is 7.43. The van der Waals surface area contributed by atoms with Gasteiger partial charge in [0.15, 0.2) is 0 Å². The first-order chi connectivity index (χ1) is 18.6. The topological polar surface area (TPSA) is 113 Å². The normalized spacial score (nSPS) is 16.8. The molecule has 3 heterocycles. The molecular formula is C29H33FN6O3. The molecule has 0 spiro atoms. The van der Waals surface area contributed by atoms with Gasteiger partial charge in [-0.3, -0.25) is 9.36 Å². The largest absolute Gasteiger partial charge is 0.444 e. The molecule has 1 saturated heterocycles. The van der Waals surface area contributed by atoms with Crippen molar-refractivity contribution in [1.29, 1.82) is 5.26 Å². The number of likely N-dealkylation sites (tertiary alicyclic amines) is 1. The number of hydrogen-bond donors (Lipinski definition) is 1. The molecule has 204 valence electrons. The molecule has 1 amide bonds. The van der Waals surface area contributed by atoms with Gasteiger partial charge in [0.2, 0.25) is 5.95 Å². The summed E-state index contributed by atoms with van der Waals surface area (Å²) in [5, 5.41) is 13.1. The van der Waals surface area contributed by atoms with Crippen molar-refractivity contribution in [2.75, 3.05) is 18.4 Å². The van der Waals surface area contributed by atoms with Gasteiger partial charge < -0.3 is 15.0 Å². The number of fused-ring (bicyclic) bond motifs is 1. The van der Waals surface area contributed by atoms with Crippen LogP contribution in [0, 0.1) is 17.1 Å². The smallest absolute Gasteiger partial charge is 0.410 e. The zero-order valence-electron chi connectivity index (χ0n) is 22.5. The van der Waals surface area contributed by atoms with E-state index in [9.17, 15) is 14.9 Å². The summed E-state index contributed by atoms with van der Waals surface area (Å²) in [4.78, 5) is 36.0. The number of ether oxygens (including phenoxy) is 1. The summed E-state index contributed by atoms with van der Waals surface area (Å²) in [6.45, 7) is 6.54. The summed E-state index contributed by atoms with van der Waals surface area (Å²) in [5.74, 6) is -0.0842. The first-order valence-electron chi connectivity index (χ1n) is 13.5. The Morgan fingerprint density at radius 1 is 1.15 bits per heavy atom. The second-order valence-corrected chi connectivity index (χ2v) is 11.4. The van der Waals surface area contributed by atoms with Crippen LogP contribution in [0.2, 0.25) is 0 Å². The predicted molar refractivity (Wildman–Crippen MR) is 145 cm³/mol. The van der Waals surface area contributed by atoms with E-state index in [0.29, 0.717) is 48.2 Å². The molecule has 0 radical (unpaired) electrons. The minimum Gasteiger partial charge on any atom is -0.444 e. The molecule has 1 aliphatic heterocycles. The van der Waals surface area contributed by atoms with Crippen molar-refractivity contribution in [3.63, 3.8) is 0 Å². The lowest BCUT2D eigenvalue weighted by molar-refractivity contribution is 0.0204. The van der Waals surface area contributed by atoms with Crippen molar-refractivity contribution in [3.8, 4) is 6.07 Å². The van der Waals surface area contributed by atoms with Gasteiger partial charge in [0.1, 0.15) is 28.7 Å². The minimum atomic E-state index is -0.550. The van der Waals surface area contributed by atoms with Crippen molar-refractivity contribution in [2.24, 2.45) is 0 Å². The Kier molecular flexibility index (Phi) is 7.25. The molecule has 10 heteroatoms. The summed E-state index contributed by atoms with van der Waals surface area (Å²) < 4.78 is 22.3. The Bertz CT molecular complexity index is 1490. The van der Waals surface area contributed by atoms with Gasteiger partial charge in [0, 0.05) is 36.4 Å². The van der Waals surface area contributed by atoms with E-state index >= 15 is 4.39 Å². The van der Waals surface area contributed by atoms with Crippen molar-refractivity contribution in [2.45, 2.75) is 76.9 Å². The van der Waals surface area contributed by atoms with Crippen LogP contribution < -0.4 is 10.9 Å². The number of anilines is 2. The van der Waals surface area contributed by atoms with Crippen LogP contribution in [0.15, 0.2) is 35.3 Å². The molecule has 2 aromatic heterocycles. The van der Waals surface area contributed by atoms with E-state index in [1.807, 2.05) is 26.8 Å². The number of carbonyl (C=O) groups is 1. The lowest BCUT2D eigenvalue weighted by Crippen LogP contribution is -2.41. The molecule has 0 bridgehead atoms. The van der Waals surface area contributed by atoms with E-state index in [2.05, 4.69) is 15.3 Å². The Balaban J connectivity index is 1.33. The second kappa shape index (κ2) is 10.6. The fourth-order valence-electron chi connectivity index (χ4n) is 5.53. The highest BCUT2D eigenvalue weighted by atomic mass is 19.1. The van der Waals surface area contributed by atoms with Crippen LogP contribution in [0.5, 0.6) is 0 Å². The zero-order valence-corrected chi connectivity index (χ0v) is 22.5. The molecule has 2 aliphatic rings. The summed E-state index contributed by atoms with van der Waals surface area (Å²) in [6.07, 6.45) is 6.33. The standard InChI is InChI=1S/C29H33FN6O3/c1-29(2,3)39-28(38)35-12-10-18(11-13-35)23-9-8-21(15-24(23)30)33-27-32-17-20-14-19(16-31)26(37)36(25(20)34-27)22-6-4-5-7-22/h8-9,14-15,17-18,22H,4-7,10-13H2,1-3H3,(H,32,33,34). The number of aromatic nitrogens is 3. The number of pyridine rings is 1. The van der Waals surface area contributed by atoms with Crippen LogP contribution in [-0.4, -0.2) is 44.2 Å². The molecule has 9 nitrogen and oxygen atoms in total. The molecule has 2 fully saturated rings. The molecule has 3 aromatic rings. The van der Waals surface area contributed by atoms with Gasteiger partial charge in [0.25, 0.3) is 5.56 Å². The van der Waals surface area contributed by atoms with Gasteiger partial charge in [-0.15, -0.1) is 0 Å². The van der Waals surface area contributed by atoms with Crippen molar-refractivity contribution >= 4 is 28.8 Å². The van der Waals surface area contributed by atoms with Crippen molar-refractivity contribution in [3.05, 3.63) is 57.8 Å². The number of piperidine rings is 1. The third kappa shape index (κ3) is 5.72. The van der Waals surface area contributed by atoms with Crippen molar-refractivity contribution < 1.29 is 13.9 Å². The molecule has 0 atom stereocenters. The summed E-state index contributed by atoms with van der Waals surface area (Å²) in [5.41, 5.74) is 0.763. The van der Waals surface area contributed by atoms with Crippen molar-refractivity contribution in [1.82, 2.24) is 19.4 Å². The number of rotatable bonds is 4. The monoisotopic (exact) mass is 532 g/mol. The third-order valence-electron chi connectivity index (χ3n) is 7.43. The van der Waals surface area contributed by atoms with Gasteiger partial charge in [-0.2, -0.15) is 10.2 Å². The minimum absolute atomic E-state index is 0.00447. The Morgan fingerprint density at radius 3 is 2.51 bits per heavy atom. The number of carbonyl (C=O) groups excluding carboxylic acids is 1. The van der Waals surface area contributed by atoms with E-state index in [1.54, 1.807) is 27.8 Å². The van der Waals surface area contributed by atoms with E-state index in [-0.39, 0.29) is 40.9 Å². The molecule has 1 aromatic carbocycles. The van der Waals surface area contributed by atoms with E-state index in [4.69, 9.17) is 4.74 Å². The van der Waals surface area contributed by atoms with E-state index < -0.39 is 5.60 Å². The lowest BCUT2D eigenvalue weighted by atomic mass is 9.89. The number of hydrogen-bond acceptors (Lipinski definition) is 7. The van der Waals surface area contributed by atoms with Gasteiger partial charge in [-0.25, -0.2) is 14.2 Å². The number of benzene rings is 1. The average Bonchev–Trinajstić information content (AvgIpc) is 3.42. The Labute approximate surface area is 226 Å². The number of amides is 1. The van der Waals surface area contributed by atoms with Gasteiger partial charge in [-0.1, -0.05) is 18.9 Å². The zero-order chi connectivity index (χ0) is 27.7. The van der Waals surface area contributed by atoms with Gasteiger partial charge >= 0.3 is 6.09 Å². The molecule has 1 aliphatic carbocycles. The Morgan fingerprint density at radius 2 is 1.87 bits per heavy atom. The number of nitrogens with zero attached hydrogens (tertiary/aromatic N) is 5. The molecule has 5 rings (SSSR count). The second-order valence-electron chi connectivity index (χ2n) is 11.4. The Hall–Kier alpha value is -4.00. The molecule has 39 heavy (non-hydrogen) atoms. The summed E-state index contributed by atoms with van der Waals surface area (Å²) in [7, 11) is 0. The highest BCUT2D eigenvalue weighted by Crippen LogP contribution is 2.33. The van der Waals surface area contributed by atoms with Crippen LogP contribution in [0.3, 0.4) is 0 Å². The summed E-state index contributed by atoms with van der Waals surface area (Å²) >= 11 is 0. The van der Waals surface area contributed by atoms with E-state index in [1.165, 1.54) is 12.1 Å². The number of nitrogens with one attached hydrogen (secondary N) is 1. The predicted octanol–water partition coefficient (Wildman–Crippen LogP) is 5.78. The van der Waals surface area contributed by atoms with Crippen LogP contribution in [0.1, 0.15) is 82.4 Å². The maximum atomic E-state index is 15.2. The average molecular weight is 533 g/mol. The highest BCUT2D eigenvalue weighted by Gasteiger charge is 2.29. The van der Waals surface area contributed by atoms with Gasteiger partial charge in [-0.05, 0) is 76.1 Å². The lowest BCUT2D eigenvalue weighted by Gasteiger charge is -2.33. The molecule has 0 unspecified atom stereocenters. The molecule has 1 N–H and O–H groups in total. The summed E-state index contributed by atoms with van der Waals surface area (Å²) in [6, 6.07) is 8.48. The van der Waals surface area contributed by atoms with E-state index in [0.717, 1.165) is 25.7 Å². The number of halogens is 1. The highest BCUT2D eigenvalue weighted by molar-refractivity contribution is 5.77. The first-order valence-corrected chi connectivity index (χ1v) is 13.5. The first kappa shape index (κ1) is 26.6. The SMILES string of the molecule is CC(C)(C)OC(=O)N1CCC(c2ccc(Nc3ncc4cc(C#N)c(=O)n(C5CCCC5)c4n3)cc2F)CC1. The van der Waals surface area contributed by atoms with Crippen LogP contribution in [-0.2, 0) is 4.74 Å². The fourth-order valence-corrected chi connectivity index (χ4v) is 5.53. The fraction of sp³-hybridized carbons (Fsp3) is 0.483. The van der Waals surface area contributed by atoms with Crippen LogP contribution >= 0.6 is 0 Å². The molecule has 1 saturated carbocycles.